The lowest BCUT2D eigenvalue weighted by atomic mass is 9.40. The van der Waals surface area contributed by atoms with Gasteiger partial charge < -0.3 is 14.4 Å². The SMILES string of the molecule is CCOCN(COCC)C1=C(Br)C(C2CCCB(C#N)C2)=NC2=C(c3cnn(C)c3)CNN21. The van der Waals surface area contributed by atoms with Crippen molar-refractivity contribution in [1.82, 2.24) is 25.1 Å². The van der Waals surface area contributed by atoms with E-state index in [2.05, 4.69) is 37.3 Å². The van der Waals surface area contributed by atoms with Crippen molar-refractivity contribution >= 4 is 33.9 Å². The van der Waals surface area contributed by atoms with Crippen LogP contribution in [0.1, 0.15) is 32.3 Å². The summed E-state index contributed by atoms with van der Waals surface area (Å²) in [7, 11) is 1.92. The molecule has 0 amide bonds. The van der Waals surface area contributed by atoms with E-state index in [0.29, 0.717) is 33.2 Å². The molecule has 33 heavy (non-hydrogen) atoms. The number of aryl methyl sites for hydroxylation is 1. The number of hydrazine groups is 1. The van der Waals surface area contributed by atoms with Crippen LogP contribution < -0.4 is 5.43 Å². The van der Waals surface area contributed by atoms with E-state index in [-0.39, 0.29) is 12.6 Å². The van der Waals surface area contributed by atoms with Crippen LogP contribution in [0.25, 0.3) is 5.57 Å². The number of nitrogens with one attached hydrogen (secondary N) is 1. The molecule has 0 saturated carbocycles. The summed E-state index contributed by atoms with van der Waals surface area (Å²) in [5.74, 6) is 4.49. The Morgan fingerprint density at radius 2 is 2.09 bits per heavy atom. The van der Waals surface area contributed by atoms with E-state index >= 15 is 0 Å². The number of halogens is 1. The molecule has 3 aliphatic heterocycles. The number of nitriles is 1. The number of hydrogen-bond donors (Lipinski definition) is 1. The maximum Gasteiger partial charge on any atom is 0.268 e. The lowest BCUT2D eigenvalue weighted by Gasteiger charge is -2.38. The number of hydrogen-bond acceptors (Lipinski definition) is 8. The zero-order valence-corrected chi connectivity index (χ0v) is 21.1. The van der Waals surface area contributed by atoms with Crippen LogP contribution in [0.4, 0.5) is 0 Å². The van der Waals surface area contributed by atoms with E-state index in [1.807, 2.05) is 38.3 Å². The summed E-state index contributed by atoms with van der Waals surface area (Å²) in [4.78, 5) is 7.26. The van der Waals surface area contributed by atoms with Crippen LogP contribution in [0.3, 0.4) is 0 Å². The van der Waals surface area contributed by atoms with Gasteiger partial charge in [-0.3, -0.25) is 4.68 Å². The van der Waals surface area contributed by atoms with Crippen LogP contribution in [0.5, 0.6) is 0 Å². The third-order valence-electron chi connectivity index (χ3n) is 6.25. The first kappa shape index (κ1) is 24.0. The van der Waals surface area contributed by atoms with Gasteiger partial charge in [0.05, 0.1) is 16.4 Å². The molecular weight excluding hydrogens is 485 g/mol. The van der Waals surface area contributed by atoms with E-state index in [0.717, 1.165) is 58.5 Å². The predicted molar refractivity (Wildman–Crippen MR) is 132 cm³/mol. The molecule has 176 valence electrons. The second kappa shape index (κ2) is 10.9. The zero-order valence-electron chi connectivity index (χ0n) is 19.6. The number of aliphatic imine (C=N–C) groups is 1. The predicted octanol–water partition coefficient (Wildman–Crippen LogP) is 3.19. The first-order chi connectivity index (χ1) is 16.1. The van der Waals surface area contributed by atoms with Crippen LogP contribution >= 0.6 is 15.9 Å². The molecule has 1 aromatic heterocycles. The van der Waals surface area contributed by atoms with Crippen LogP contribution in [-0.4, -0.2) is 65.3 Å². The first-order valence-electron chi connectivity index (χ1n) is 11.6. The summed E-state index contributed by atoms with van der Waals surface area (Å²) >= 11 is 3.89. The molecule has 9 nitrogen and oxygen atoms in total. The summed E-state index contributed by atoms with van der Waals surface area (Å²) in [6.45, 7) is 6.70. The van der Waals surface area contributed by atoms with Crippen molar-refractivity contribution in [1.29, 1.82) is 5.26 Å². The maximum absolute atomic E-state index is 9.56. The highest BCUT2D eigenvalue weighted by atomic mass is 79.9. The number of fused-ring (bicyclic) bond motifs is 1. The zero-order chi connectivity index (χ0) is 23.4. The van der Waals surface area contributed by atoms with E-state index in [1.54, 1.807) is 4.68 Å². The van der Waals surface area contributed by atoms with Crippen molar-refractivity contribution in [3.63, 3.8) is 0 Å². The number of rotatable bonds is 9. The lowest BCUT2D eigenvalue weighted by Crippen LogP contribution is -2.45. The van der Waals surface area contributed by atoms with Crippen LogP contribution in [0.2, 0.25) is 12.6 Å². The molecule has 0 bridgehead atoms. The molecule has 0 aromatic carbocycles. The molecule has 1 saturated heterocycles. The van der Waals surface area contributed by atoms with Crippen LogP contribution in [-0.2, 0) is 16.5 Å². The molecule has 1 atom stereocenters. The quantitative estimate of drug-likeness (QED) is 0.399. The standard InChI is InChI=1S/C22H31BBrN7O2/c1-4-32-14-30(15-33-5-2)22-19(24)20(16-7-6-8-23(9-16)13-25)28-21-18(11-27-31(21)22)17-10-26-29(3)12-17/h10,12,16,27H,4-9,11,14-15H2,1-3H3. The summed E-state index contributed by atoms with van der Waals surface area (Å²) in [6, 6.07) is 0. The number of ether oxygens (including phenoxy) is 2. The Labute approximate surface area is 204 Å². The van der Waals surface area contributed by atoms with Crippen molar-refractivity contribution < 1.29 is 9.47 Å². The molecule has 0 spiro atoms. The van der Waals surface area contributed by atoms with Gasteiger partial charge in [0.2, 0.25) is 0 Å². The fourth-order valence-electron chi connectivity index (χ4n) is 4.59. The van der Waals surface area contributed by atoms with Gasteiger partial charge >= 0.3 is 0 Å². The average molecular weight is 516 g/mol. The Hall–Kier alpha value is -2.13. The molecule has 11 heteroatoms. The van der Waals surface area contributed by atoms with Crippen LogP contribution in [0.15, 0.2) is 33.5 Å². The van der Waals surface area contributed by atoms with Crippen molar-refractivity contribution in [2.24, 2.45) is 18.0 Å². The van der Waals surface area contributed by atoms with Crippen molar-refractivity contribution in [2.75, 3.05) is 33.2 Å². The molecule has 1 N–H and O–H groups in total. The molecule has 4 rings (SSSR count). The summed E-state index contributed by atoms with van der Waals surface area (Å²) in [5.41, 5.74) is 6.64. The van der Waals surface area contributed by atoms with Gasteiger partial charge in [-0.1, -0.05) is 19.1 Å². The van der Waals surface area contributed by atoms with Crippen LogP contribution in [0, 0.1) is 17.1 Å². The van der Waals surface area contributed by atoms with Gasteiger partial charge in [-0.2, -0.15) is 5.10 Å². The van der Waals surface area contributed by atoms with Crippen molar-refractivity contribution in [2.45, 2.75) is 39.3 Å². The van der Waals surface area contributed by atoms with E-state index in [1.165, 1.54) is 0 Å². The monoisotopic (exact) mass is 515 g/mol. The molecule has 0 aliphatic carbocycles. The van der Waals surface area contributed by atoms with E-state index in [4.69, 9.17) is 14.5 Å². The van der Waals surface area contributed by atoms with Gasteiger partial charge in [0.25, 0.3) is 6.71 Å². The van der Waals surface area contributed by atoms with Gasteiger partial charge in [0, 0.05) is 50.1 Å². The smallest absolute Gasteiger partial charge is 0.268 e. The minimum atomic E-state index is 0.0738. The third kappa shape index (κ3) is 5.04. The number of allylic oxidation sites excluding steroid dienone is 1. The number of aromatic nitrogens is 2. The van der Waals surface area contributed by atoms with Gasteiger partial charge in [-0.15, -0.1) is 0 Å². The molecular formula is C22H31BBrN7O2. The molecule has 1 aromatic rings. The minimum absolute atomic E-state index is 0.0738. The van der Waals surface area contributed by atoms with Crippen molar-refractivity contribution in [3.05, 3.63) is 34.1 Å². The second-order valence-corrected chi connectivity index (χ2v) is 9.28. The summed E-state index contributed by atoms with van der Waals surface area (Å²) in [5, 5.41) is 15.9. The molecule has 4 heterocycles. The fourth-order valence-corrected chi connectivity index (χ4v) is 5.43. The van der Waals surface area contributed by atoms with E-state index < -0.39 is 0 Å². The van der Waals surface area contributed by atoms with Gasteiger partial charge in [0.1, 0.15) is 19.3 Å². The fraction of sp³-hybridized carbons (Fsp3) is 0.591. The summed E-state index contributed by atoms with van der Waals surface area (Å²) < 4.78 is 14.3. The Bertz CT molecular complexity index is 991. The molecule has 1 unspecified atom stereocenters. The molecule has 3 aliphatic rings. The average Bonchev–Trinajstić information content (AvgIpc) is 3.45. The topological polar surface area (TPSA) is 90.9 Å². The van der Waals surface area contributed by atoms with Gasteiger partial charge in [-0.25, -0.2) is 20.7 Å². The molecule has 1 fully saturated rings. The number of nitrogens with zero attached hydrogens (tertiary/aromatic N) is 6. The highest BCUT2D eigenvalue weighted by Crippen LogP contribution is 2.40. The largest absolute Gasteiger partial charge is 0.361 e. The highest BCUT2D eigenvalue weighted by Gasteiger charge is 2.39. The van der Waals surface area contributed by atoms with Gasteiger partial charge in [-0.05, 0) is 42.1 Å². The van der Waals surface area contributed by atoms with Crippen molar-refractivity contribution in [3.8, 4) is 5.97 Å². The normalized spacial score (nSPS) is 20.8. The lowest BCUT2D eigenvalue weighted by molar-refractivity contribution is -0.0359. The Kier molecular flexibility index (Phi) is 7.91. The van der Waals surface area contributed by atoms with E-state index in [9.17, 15) is 5.26 Å². The molecule has 0 radical (unpaired) electrons. The highest BCUT2D eigenvalue weighted by molar-refractivity contribution is 9.12. The second-order valence-electron chi connectivity index (χ2n) is 8.48. The van der Waals surface area contributed by atoms with Gasteiger partial charge in [0.15, 0.2) is 5.82 Å². The summed E-state index contributed by atoms with van der Waals surface area (Å²) in [6.07, 6.45) is 7.75. The first-order valence-corrected chi connectivity index (χ1v) is 12.4. The Morgan fingerprint density at radius 3 is 2.73 bits per heavy atom. The minimum Gasteiger partial charge on any atom is -0.361 e. The Morgan fingerprint density at radius 1 is 1.33 bits per heavy atom. The Balaban J connectivity index is 1.79. The maximum atomic E-state index is 9.56. The third-order valence-corrected chi connectivity index (χ3v) is 7.01.